The molecule has 0 unspecified atom stereocenters. The smallest absolute Gasteiger partial charge is 0.212 e. The largest absolute Gasteiger partial charge is 0.493 e. The second kappa shape index (κ2) is 8.92. The molecule has 0 fully saturated rings. The van der Waals surface area contributed by atoms with Gasteiger partial charge in [-0.3, -0.25) is 0 Å². The van der Waals surface area contributed by atoms with Gasteiger partial charge in [0.2, 0.25) is 5.16 Å². The molecule has 0 N–H and O–H groups in total. The van der Waals surface area contributed by atoms with Gasteiger partial charge in [0.25, 0.3) is 0 Å². The number of aryl methyl sites for hydroxylation is 1. The molecule has 1 heterocycles. The average molecular weight is 403 g/mol. The number of hydrogen-bond acceptors (Lipinski definition) is 5. The van der Waals surface area contributed by atoms with Crippen LogP contribution in [0.5, 0.6) is 5.75 Å². The summed E-state index contributed by atoms with van der Waals surface area (Å²) in [5, 5.41) is 16.2. The molecule has 0 bridgehead atoms. The molecule has 0 aliphatic heterocycles. The Balaban J connectivity index is 1.66. The number of fused-ring (bicyclic) bond motifs is 1. The second-order valence-corrected chi connectivity index (χ2v) is 7.43. The third kappa shape index (κ3) is 4.32. The molecule has 0 saturated heterocycles. The molecule has 0 saturated carbocycles. The third-order valence-electron chi connectivity index (χ3n) is 4.51. The van der Waals surface area contributed by atoms with Gasteiger partial charge in [0, 0.05) is 11.3 Å². The van der Waals surface area contributed by atoms with E-state index < -0.39 is 0 Å². The van der Waals surface area contributed by atoms with Gasteiger partial charge in [-0.15, -0.1) is 10.2 Å². The van der Waals surface area contributed by atoms with Crippen LogP contribution in [0.15, 0.2) is 77.0 Å². The maximum absolute atomic E-state index is 5.84. The van der Waals surface area contributed by atoms with Gasteiger partial charge in [0.15, 0.2) is 5.82 Å². The average Bonchev–Trinajstić information content (AvgIpc) is 3.11. The Kier molecular flexibility index (Phi) is 5.91. The highest BCUT2D eigenvalue weighted by Gasteiger charge is 2.11. The number of ether oxygens (including phenoxy) is 1. The van der Waals surface area contributed by atoms with Crippen molar-refractivity contribution in [3.63, 3.8) is 0 Å². The number of thioether (sulfide) groups is 1. The van der Waals surface area contributed by atoms with Crippen LogP contribution in [0.3, 0.4) is 0 Å². The number of nitrogens with zero attached hydrogens (tertiary/aromatic N) is 4. The Morgan fingerprint density at radius 3 is 2.62 bits per heavy atom. The lowest BCUT2D eigenvalue weighted by atomic mass is 10.0. The zero-order chi connectivity index (χ0) is 20.1. The fourth-order valence-electron chi connectivity index (χ4n) is 3.09. The van der Waals surface area contributed by atoms with E-state index in [2.05, 4.69) is 40.5 Å². The van der Waals surface area contributed by atoms with Crippen LogP contribution in [0.25, 0.3) is 10.8 Å². The molecular weight excluding hydrogens is 380 g/mol. The van der Waals surface area contributed by atoms with Crippen LogP contribution in [-0.2, 0) is 5.75 Å². The Hall–Kier alpha value is -3.12. The summed E-state index contributed by atoms with van der Waals surface area (Å²) in [5.41, 5.74) is 2.19. The number of hydrogen-bond donors (Lipinski definition) is 0. The first-order valence-electron chi connectivity index (χ1n) is 9.54. The standard InChI is InChI=1S/C23H22N4OS/c1-3-28-22-14-13-19-11-7-8-12-20(19)21(22)15-24-27-17(2)25-26-23(27)29-16-18-9-5-4-6-10-18/h4-15H,3,16H2,1-2H3/b24-15-. The highest BCUT2D eigenvalue weighted by molar-refractivity contribution is 7.98. The molecule has 146 valence electrons. The summed E-state index contributed by atoms with van der Waals surface area (Å²) in [6.45, 7) is 4.49. The van der Waals surface area contributed by atoms with E-state index in [1.165, 1.54) is 5.56 Å². The molecule has 4 rings (SSSR count). The minimum absolute atomic E-state index is 0.600. The number of rotatable bonds is 7. The molecule has 0 radical (unpaired) electrons. The first-order valence-corrected chi connectivity index (χ1v) is 10.5. The molecule has 0 atom stereocenters. The van der Waals surface area contributed by atoms with Crippen LogP contribution in [0.4, 0.5) is 0 Å². The Bertz CT molecular complexity index is 1140. The van der Waals surface area contributed by atoms with Crippen molar-refractivity contribution >= 4 is 28.7 Å². The Morgan fingerprint density at radius 1 is 1.00 bits per heavy atom. The van der Waals surface area contributed by atoms with Crippen molar-refractivity contribution in [1.82, 2.24) is 14.9 Å². The van der Waals surface area contributed by atoms with Crippen LogP contribution in [0.1, 0.15) is 23.9 Å². The van der Waals surface area contributed by atoms with Crippen molar-refractivity contribution in [3.05, 3.63) is 83.7 Å². The SMILES string of the molecule is CCOc1ccc2ccccc2c1/C=N\n1c(C)nnc1SCc1ccccc1. The van der Waals surface area contributed by atoms with Crippen LogP contribution in [0.2, 0.25) is 0 Å². The zero-order valence-corrected chi connectivity index (χ0v) is 17.3. The van der Waals surface area contributed by atoms with Crippen molar-refractivity contribution in [1.29, 1.82) is 0 Å². The van der Waals surface area contributed by atoms with Crippen molar-refractivity contribution in [2.24, 2.45) is 5.10 Å². The predicted molar refractivity (Wildman–Crippen MR) is 119 cm³/mol. The first kappa shape index (κ1) is 19.2. The molecule has 5 nitrogen and oxygen atoms in total. The topological polar surface area (TPSA) is 52.3 Å². The van der Waals surface area contributed by atoms with Gasteiger partial charge in [-0.25, -0.2) is 0 Å². The highest BCUT2D eigenvalue weighted by Crippen LogP contribution is 2.27. The third-order valence-corrected chi connectivity index (χ3v) is 5.50. The monoisotopic (exact) mass is 402 g/mol. The lowest BCUT2D eigenvalue weighted by Crippen LogP contribution is -2.00. The Morgan fingerprint density at radius 2 is 1.79 bits per heavy atom. The van der Waals surface area contributed by atoms with Crippen molar-refractivity contribution < 1.29 is 4.74 Å². The fraction of sp³-hybridized carbons (Fsp3) is 0.174. The molecule has 6 heteroatoms. The van der Waals surface area contributed by atoms with E-state index in [1.54, 1.807) is 16.4 Å². The summed E-state index contributed by atoms with van der Waals surface area (Å²) in [4.78, 5) is 0. The summed E-state index contributed by atoms with van der Waals surface area (Å²) in [6.07, 6.45) is 1.84. The quantitative estimate of drug-likeness (QED) is 0.310. The van der Waals surface area contributed by atoms with Crippen molar-refractivity contribution in [2.45, 2.75) is 24.8 Å². The van der Waals surface area contributed by atoms with E-state index in [-0.39, 0.29) is 0 Å². The summed E-state index contributed by atoms with van der Waals surface area (Å²) in [5.74, 6) is 2.38. The predicted octanol–water partition coefficient (Wildman–Crippen LogP) is 5.31. The van der Waals surface area contributed by atoms with E-state index >= 15 is 0 Å². The van der Waals surface area contributed by atoms with Crippen LogP contribution >= 0.6 is 11.8 Å². The van der Waals surface area contributed by atoms with Crippen LogP contribution < -0.4 is 4.74 Å². The lowest BCUT2D eigenvalue weighted by Gasteiger charge is -2.10. The normalized spacial score (nSPS) is 11.4. The van der Waals surface area contributed by atoms with Gasteiger partial charge in [-0.1, -0.05) is 72.4 Å². The van der Waals surface area contributed by atoms with Gasteiger partial charge >= 0.3 is 0 Å². The maximum atomic E-state index is 5.84. The van der Waals surface area contributed by atoms with Gasteiger partial charge in [-0.05, 0) is 36.2 Å². The lowest BCUT2D eigenvalue weighted by molar-refractivity contribution is 0.340. The van der Waals surface area contributed by atoms with E-state index in [4.69, 9.17) is 9.84 Å². The van der Waals surface area contributed by atoms with Gasteiger partial charge in [0.1, 0.15) is 5.75 Å². The minimum Gasteiger partial charge on any atom is -0.493 e. The van der Waals surface area contributed by atoms with Gasteiger partial charge < -0.3 is 4.74 Å². The van der Waals surface area contributed by atoms with Crippen LogP contribution in [-0.4, -0.2) is 27.7 Å². The molecule has 0 aliphatic rings. The van der Waals surface area contributed by atoms with Gasteiger partial charge in [0.05, 0.1) is 12.8 Å². The molecule has 0 spiro atoms. The second-order valence-electron chi connectivity index (χ2n) is 6.49. The summed E-state index contributed by atoms with van der Waals surface area (Å²) in [6, 6.07) is 22.6. The number of benzene rings is 3. The molecule has 29 heavy (non-hydrogen) atoms. The molecule has 0 amide bonds. The van der Waals surface area contributed by atoms with Crippen molar-refractivity contribution in [3.8, 4) is 5.75 Å². The molecular formula is C23H22N4OS. The highest BCUT2D eigenvalue weighted by atomic mass is 32.2. The summed E-state index contributed by atoms with van der Waals surface area (Å²) >= 11 is 1.62. The maximum Gasteiger partial charge on any atom is 0.212 e. The summed E-state index contributed by atoms with van der Waals surface area (Å²) in [7, 11) is 0. The van der Waals surface area contributed by atoms with Crippen molar-refractivity contribution in [2.75, 3.05) is 6.61 Å². The van der Waals surface area contributed by atoms with E-state index in [0.29, 0.717) is 6.61 Å². The summed E-state index contributed by atoms with van der Waals surface area (Å²) < 4.78 is 7.63. The van der Waals surface area contributed by atoms with E-state index in [1.807, 2.05) is 56.5 Å². The molecule has 4 aromatic rings. The zero-order valence-electron chi connectivity index (χ0n) is 16.4. The van der Waals surface area contributed by atoms with E-state index in [9.17, 15) is 0 Å². The fourth-order valence-corrected chi connectivity index (χ4v) is 3.98. The minimum atomic E-state index is 0.600. The van der Waals surface area contributed by atoms with E-state index in [0.717, 1.165) is 38.8 Å². The van der Waals surface area contributed by atoms with Crippen LogP contribution in [0, 0.1) is 6.92 Å². The van der Waals surface area contributed by atoms with Gasteiger partial charge in [-0.2, -0.15) is 9.78 Å². The first-order chi connectivity index (χ1) is 14.3. The molecule has 1 aromatic heterocycles. The molecule has 0 aliphatic carbocycles. The Labute approximate surface area is 174 Å². The molecule has 3 aromatic carbocycles. The number of aromatic nitrogens is 3.